The first-order valence-corrected chi connectivity index (χ1v) is 36.2. The summed E-state index contributed by atoms with van der Waals surface area (Å²) in [6.45, 7) is 8.99. The maximum atomic E-state index is 13.5. The van der Waals surface area contributed by atoms with Crippen molar-refractivity contribution in [3.8, 4) is 22.3 Å². The lowest BCUT2D eigenvalue weighted by Crippen LogP contribution is -2.22. The third-order valence-electron chi connectivity index (χ3n) is 17.7. The number of hydrogen-bond acceptors (Lipinski definition) is 8. The van der Waals surface area contributed by atoms with E-state index in [1.165, 1.54) is 154 Å². The van der Waals surface area contributed by atoms with Crippen molar-refractivity contribution in [3.63, 3.8) is 0 Å². The Morgan fingerprint density at radius 1 is 0.310 bits per heavy atom. The van der Waals surface area contributed by atoms with Crippen molar-refractivity contribution in [2.45, 2.75) is 335 Å². The van der Waals surface area contributed by atoms with Gasteiger partial charge >= 0.3 is 23.9 Å². The summed E-state index contributed by atoms with van der Waals surface area (Å²) in [5.74, 6) is -0.675. The fourth-order valence-corrected chi connectivity index (χ4v) is 13.7. The average molecular weight is 1290 g/mol. The molecule has 4 atom stereocenters. The fourth-order valence-electron chi connectivity index (χ4n) is 12.5. The highest BCUT2D eigenvalue weighted by Gasteiger charge is 2.34. The van der Waals surface area contributed by atoms with Gasteiger partial charge in [0, 0.05) is 34.6 Å². The quantitative estimate of drug-likeness (QED) is 0.0313. The number of halogens is 2. The molecule has 84 heavy (non-hydrogen) atoms. The number of fused-ring (bicyclic) bond motifs is 2. The molecule has 3 aromatic carbocycles. The van der Waals surface area contributed by atoms with Crippen molar-refractivity contribution in [1.29, 1.82) is 0 Å². The van der Waals surface area contributed by atoms with Crippen molar-refractivity contribution < 1.29 is 38.1 Å². The summed E-state index contributed by atoms with van der Waals surface area (Å²) in [7, 11) is 0. The zero-order valence-electron chi connectivity index (χ0n) is 53.1. The van der Waals surface area contributed by atoms with Crippen molar-refractivity contribution in [2.75, 3.05) is 0 Å². The molecule has 4 unspecified atom stereocenters. The van der Waals surface area contributed by atoms with Gasteiger partial charge < -0.3 is 18.9 Å². The lowest BCUT2D eigenvalue weighted by Gasteiger charge is -2.32. The Labute approximate surface area is 527 Å². The highest BCUT2D eigenvalue weighted by molar-refractivity contribution is 9.11. The third kappa shape index (κ3) is 26.9. The largest absolute Gasteiger partial charge is 0.457 e. The second-order valence-corrected chi connectivity index (χ2v) is 26.6. The fraction of sp³-hybridized carbons (Fsp3) is 0.703. The van der Waals surface area contributed by atoms with E-state index < -0.39 is 24.4 Å². The summed E-state index contributed by atoms with van der Waals surface area (Å²) in [4.78, 5) is 53.9. The standard InChI is InChI=1S/C74H112Br2O8/c1-5-9-13-17-21-25-29-33-37-41-71(77)81-67-49-51-69(83-73(79)43-39-35-31-27-23-19-15-11-7-3)63-53-57(45-47-59(63)67)61-55-66(76)62(56-65(61)75)58-46-48-60-64(54-58)70(84-74(80)44-40-36-32-28-24-20-16-12-8-4)52-50-68(60)82-72(78)42-38-34-30-26-22-18-14-10-6-2/h45-48,53-56,67-70H,5-44,49-52H2,1-4H3. The molecule has 0 aliphatic heterocycles. The highest BCUT2D eigenvalue weighted by Crippen LogP contribution is 2.47. The van der Waals surface area contributed by atoms with Gasteiger partial charge in [-0.05, 0) is 120 Å². The molecule has 0 fully saturated rings. The van der Waals surface area contributed by atoms with E-state index in [0.717, 1.165) is 131 Å². The van der Waals surface area contributed by atoms with E-state index in [1.54, 1.807) is 0 Å². The van der Waals surface area contributed by atoms with Gasteiger partial charge in [0.05, 0.1) is 0 Å². The Bertz CT molecular complexity index is 2180. The van der Waals surface area contributed by atoms with Gasteiger partial charge in [-0.2, -0.15) is 0 Å². The molecule has 2 aliphatic rings. The Morgan fingerprint density at radius 3 is 0.762 bits per heavy atom. The SMILES string of the molecule is CCCCCCCCCCCC(=O)OC1CCC(OC(=O)CCCCCCCCCCC)c2cc(-c3cc(Br)c(-c4ccc5c(c4)C(OC(=O)CCCCCCCCCCC)CCC5OC(=O)CCCCCCCCCCC)cc3Br)ccc21. The summed E-state index contributed by atoms with van der Waals surface area (Å²) < 4.78 is 26.9. The van der Waals surface area contributed by atoms with E-state index in [1.807, 2.05) is 0 Å². The van der Waals surface area contributed by atoms with Crippen LogP contribution in [-0.2, 0) is 38.1 Å². The van der Waals surface area contributed by atoms with Gasteiger partial charge in [0.15, 0.2) is 0 Å². The minimum atomic E-state index is -0.444. The topological polar surface area (TPSA) is 105 Å². The normalized spacial score (nSPS) is 16.5. The molecule has 0 radical (unpaired) electrons. The highest BCUT2D eigenvalue weighted by atomic mass is 79.9. The van der Waals surface area contributed by atoms with Crippen LogP contribution in [0.4, 0.5) is 0 Å². The van der Waals surface area contributed by atoms with Gasteiger partial charge in [-0.25, -0.2) is 0 Å². The lowest BCUT2D eigenvalue weighted by atomic mass is 9.84. The number of ether oxygens (including phenoxy) is 4. The number of unbranched alkanes of at least 4 members (excludes halogenated alkanes) is 32. The predicted octanol–water partition coefficient (Wildman–Crippen LogP) is 24.2. The van der Waals surface area contributed by atoms with Gasteiger partial charge in [0.2, 0.25) is 0 Å². The van der Waals surface area contributed by atoms with Crippen LogP contribution in [0.25, 0.3) is 22.3 Å². The van der Waals surface area contributed by atoms with Gasteiger partial charge in [0.1, 0.15) is 24.4 Å². The van der Waals surface area contributed by atoms with Crippen molar-refractivity contribution >= 4 is 55.7 Å². The monoisotopic (exact) mass is 1290 g/mol. The predicted molar refractivity (Wildman–Crippen MR) is 354 cm³/mol. The summed E-state index contributed by atoms with van der Waals surface area (Å²) in [5, 5.41) is 0. The van der Waals surface area contributed by atoms with Gasteiger partial charge in [-0.15, -0.1) is 0 Å². The molecular weight excluding hydrogens is 1180 g/mol. The number of benzene rings is 3. The Morgan fingerprint density at radius 2 is 0.524 bits per heavy atom. The summed E-state index contributed by atoms with van der Waals surface area (Å²) >= 11 is 7.96. The zero-order chi connectivity index (χ0) is 60.0. The molecular formula is C74H112Br2O8. The number of esters is 4. The van der Waals surface area contributed by atoms with Crippen LogP contribution >= 0.6 is 31.9 Å². The summed E-state index contributed by atoms with van der Waals surface area (Å²) in [6.07, 6.45) is 44.9. The molecule has 8 nitrogen and oxygen atoms in total. The first-order chi connectivity index (χ1) is 41.1. The van der Waals surface area contributed by atoms with Crippen LogP contribution in [-0.4, -0.2) is 23.9 Å². The number of carbonyl (C=O) groups is 4. The molecule has 5 rings (SSSR count). The van der Waals surface area contributed by atoms with E-state index in [-0.39, 0.29) is 23.9 Å². The minimum absolute atomic E-state index is 0.164. The zero-order valence-corrected chi connectivity index (χ0v) is 56.2. The van der Waals surface area contributed by atoms with E-state index >= 15 is 0 Å². The molecule has 0 spiro atoms. The van der Waals surface area contributed by atoms with Crippen LogP contribution < -0.4 is 0 Å². The molecule has 0 aromatic heterocycles. The van der Waals surface area contributed by atoms with Crippen LogP contribution in [0.15, 0.2) is 57.5 Å². The third-order valence-corrected chi connectivity index (χ3v) is 19.0. The molecule has 2 aliphatic carbocycles. The number of rotatable bonds is 46. The molecule has 0 saturated heterocycles. The smallest absolute Gasteiger partial charge is 0.306 e. The van der Waals surface area contributed by atoms with Gasteiger partial charge in [-0.1, -0.05) is 289 Å². The molecule has 0 bridgehead atoms. The lowest BCUT2D eigenvalue weighted by molar-refractivity contribution is -0.156. The van der Waals surface area contributed by atoms with Crippen LogP contribution in [0.3, 0.4) is 0 Å². The number of carbonyl (C=O) groups excluding carboxylic acids is 4. The second kappa shape index (κ2) is 43.2. The molecule has 0 N–H and O–H groups in total. The van der Waals surface area contributed by atoms with Crippen LogP contribution in [0.1, 0.15) is 357 Å². The maximum Gasteiger partial charge on any atom is 0.306 e. The minimum Gasteiger partial charge on any atom is -0.457 e. The van der Waals surface area contributed by atoms with Crippen LogP contribution in [0, 0.1) is 0 Å². The molecule has 0 amide bonds. The van der Waals surface area contributed by atoms with Gasteiger partial charge in [-0.3, -0.25) is 19.2 Å². The Kier molecular flexibility index (Phi) is 36.6. The van der Waals surface area contributed by atoms with Gasteiger partial charge in [0.25, 0.3) is 0 Å². The maximum absolute atomic E-state index is 13.5. The van der Waals surface area contributed by atoms with E-state index in [2.05, 4.69) is 108 Å². The molecule has 470 valence electrons. The first kappa shape index (κ1) is 71.3. The van der Waals surface area contributed by atoms with Crippen molar-refractivity contribution in [3.05, 3.63) is 79.7 Å². The Balaban J connectivity index is 1.32. The van der Waals surface area contributed by atoms with Crippen molar-refractivity contribution in [1.82, 2.24) is 0 Å². The second-order valence-electron chi connectivity index (χ2n) is 24.9. The van der Waals surface area contributed by atoms with Crippen LogP contribution in [0.2, 0.25) is 0 Å². The van der Waals surface area contributed by atoms with E-state index in [0.29, 0.717) is 51.4 Å². The van der Waals surface area contributed by atoms with Crippen molar-refractivity contribution in [2.24, 2.45) is 0 Å². The number of hydrogen-bond donors (Lipinski definition) is 0. The summed E-state index contributed by atoms with van der Waals surface area (Å²) in [6, 6.07) is 16.8. The van der Waals surface area contributed by atoms with E-state index in [4.69, 9.17) is 18.9 Å². The average Bonchev–Trinajstić information content (AvgIpc) is 2.61. The first-order valence-electron chi connectivity index (χ1n) is 34.6. The Hall–Kier alpha value is -3.50. The van der Waals surface area contributed by atoms with E-state index in [9.17, 15) is 19.2 Å². The molecule has 0 saturated carbocycles. The van der Waals surface area contributed by atoms with Crippen LogP contribution in [0.5, 0.6) is 0 Å². The molecule has 10 heteroatoms. The molecule has 3 aromatic rings. The molecule has 0 heterocycles. The summed E-state index contributed by atoms with van der Waals surface area (Å²) in [5.41, 5.74) is 7.41.